The molecule has 1 aromatic rings. The van der Waals surface area contributed by atoms with Crippen LogP contribution in [0.25, 0.3) is 0 Å². The molecule has 0 saturated carbocycles. The molecule has 4 nitrogen and oxygen atoms in total. The maximum absolute atomic E-state index is 12.5. The van der Waals surface area contributed by atoms with Crippen molar-refractivity contribution in [2.75, 3.05) is 6.61 Å². The van der Waals surface area contributed by atoms with Crippen molar-refractivity contribution >= 4 is 34.8 Å². The van der Waals surface area contributed by atoms with Crippen LogP contribution in [0.15, 0.2) is 12.1 Å². The third-order valence-electron chi connectivity index (χ3n) is 3.03. The van der Waals surface area contributed by atoms with Gasteiger partial charge in [0.25, 0.3) is 0 Å². The van der Waals surface area contributed by atoms with E-state index in [0.717, 1.165) is 4.88 Å². The van der Waals surface area contributed by atoms with Crippen molar-refractivity contribution < 1.29 is 14.3 Å². The molecule has 0 saturated heterocycles. The number of amides is 1. The highest BCUT2D eigenvalue weighted by Crippen LogP contribution is 2.30. The molecule has 0 aliphatic rings. The molecule has 0 spiro atoms. The van der Waals surface area contributed by atoms with Crippen LogP contribution < -0.4 is 5.32 Å². The van der Waals surface area contributed by atoms with Gasteiger partial charge in [0, 0.05) is 4.88 Å². The van der Waals surface area contributed by atoms with E-state index >= 15 is 0 Å². The molecule has 2 unspecified atom stereocenters. The van der Waals surface area contributed by atoms with Gasteiger partial charge in [-0.05, 0) is 31.4 Å². The quantitative estimate of drug-likeness (QED) is 0.659. The number of carbonyl (C=O) groups excluding carboxylic acids is 2. The smallest absolute Gasteiger partial charge is 0.319 e. The molecule has 1 rings (SSSR count). The Morgan fingerprint density at radius 3 is 2.43 bits per heavy atom. The van der Waals surface area contributed by atoms with Gasteiger partial charge in [0.2, 0.25) is 5.91 Å². The lowest BCUT2D eigenvalue weighted by Crippen LogP contribution is -2.44. The summed E-state index contributed by atoms with van der Waals surface area (Å²) >= 11 is 7.31. The fourth-order valence-electron chi connectivity index (χ4n) is 2.01. The van der Waals surface area contributed by atoms with Crippen molar-refractivity contribution in [1.82, 2.24) is 5.32 Å². The standard InChI is InChI=1S/C15H22ClNO3S/c1-6-20-14(19)12(15(3,4)5)13(18)17-9(2)10-7-8-11(16)21-10/h7-9,12H,6H2,1-5H3,(H,17,18). The van der Waals surface area contributed by atoms with Gasteiger partial charge in [-0.25, -0.2) is 0 Å². The Bertz CT molecular complexity index is 507. The maximum atomic E-state index is 12.5. The highest BCUT2D eigenvalue weighted by molar-refractivity contribution is 7.16. The highest BCUT2D eigenvalue weighted by atomic mass is 35.5. The van der Waals surface area contributed by atoms with Crippen molar-refractivity contribution in [2.45, 2.75) is 40.7 Å². The molecule has 0 radical (unpaired) electrons. The van der Waals surface area contributed by atoms with Gasteiger partial charge in [0.05, 0.1) is 17.0 Å². The number of ether oxygens (including phenoxy) is 1. The van der Waals surface area contributed by atoms with E-state index < -0.39 is 17.3 Å². The fraction of sp³-hybridized carbons (Fsp3) is 0.600. The van der Waals surface area contributed by atoms with Crippen LogP contribution in [0.5, 0.6) is 0 Å². The fourth-order valence-corrected chi connectivity index (χ4v) is 3.07. The molecule has 118 valence electrons. The molecule has 0 aliphatic carbocycles. The summed E-state index contributed by atoms with van der Waals surface area (Å²) < 4.78 is 5.70. The zero-order chi connectivity index (χ0) is 16.2. The average molecular weight is 332 g/mol. The lowest BCUT2D eigenvalue weighted by Gasteiger charge is -2.28. The summed E-state index contributed by atoms with van der Waals surface area (Å²) in [5, 5.41) is 2.87. The van der Waals surface area contributed by atoms with E-state index in [4.69, 9.17) is 16.3 Å². The lowest BCUT2D eigenvalue weighted by atomic mass is 9.80. The normalized spacial score (nSPS) is 14.4. The van der Waals surface area contributed by atoms with E-state index in [0.29, 0.717) is 4.34 Å². The van der Waals surface area contributed by atoms with Gasteiger partial charge >= 0.3 is 5.97 Å². The molecular weight excluding hydrogens is 310 g/mol. The minimum absolute atomic E-state index is 0.200. The third-order valence-corrected chi connectivity index (χ3v) is 4.44. The van der Waals surface area contributed by atoms with Crippen LogP contribution in [-0.4, -0.2) is 18.5 Å². The molecule has 2 atom stereocenters. The molecule has 0 aliphatic heterocycles. The minimum atomic E-state index is -0.838. The van der Waals surface area contributed by atoms with Gasteiger partial charge in [-0.15, -0.1) is 11.3 Å². The molecule has 6 heteroatoms. The summed E-state index contributed by atoms with van der Waals surface area (Å²) in [7, 11) is 0. The predicted molar refractivity (Wildman–Crippen MR) is 85.5 cm³/mol. The summed E-state index contributed by atoms with van der Waals surface area (Å²) in [5.41, 5.74) is -0.511. The number of hydrogen-bond acceptors (Lipinski definition) is 4. The second kappa shape index (κ2) is 7.27. The van der Waals surface area contributed by atoms with Gasteiger partial charge in [-0.3, -0.25) is 9.59 Å². The van der Waals surface area contributed by atoms with E-state index in [1.54, 1.807) is 13.0 Å². The van der Waals surface area contributed by atoms with Crippen molar-refractivity contribution in [2.24, 2.45) is 11.3 Å². The highest BCUT2D eigenvalue weighted by Gasteiger charge is 2.39. The second-order valence-corrected chi connectivity index (χ2v) is 7.67. The van der Waals surface area contributed by atoms with E-state index in [-0.39, 0.29) is 18.6 Å². The molecule has 1 aromatic heterocycles. The van der Waals surface area contributed by atoms with Crippen LogP contribution in [0.4, 0.5) is 0 Å². The summed E-state index contributed by atoms with van der Waals surface area (Å²) in [5.74, 6) is -1.65. The topological polar surface area (TPSA) is 55.4 Å². The van der Waals surface area contributed by atoms with Gasteiger partial charge in [-0.2, -0.15) is 0 Å². The zero-order valence-corrected chi connectivity index (χ0v) is 14.6. The number of esters is 1. The van der Waals surface area contributed by atoms with Gasteiger partial charge in [-0.1, -0.05) is 32.4 Å². The zero-order valence-electron chi connectivity index (χ0n) is 13.0. The molecule has 1 N–H and O–H groups in total. The summed E-state index contributed by atoms with van der Waals surface area (Å²) in [4.78, 5) is 25.5. The van der Waals surface area contributed by atoms with Gasteiger partial charge in [0.1, 0.15) is 5.92 Å². The van der Waals surface area contributed by atoms with Gasteiger partial charge in [0.15, 0.2) is 0 Å². The average Bonchev–Trinajstić information content (AvgIpc) is 2.74. The Kier molecular flexibility index (Phi) is 6.23. The van der Waals surface area contributed by atoms with Crippen molar-refractivity contribution in [3.63, 3.8) is 0 Å². The molecule has 1 heterocycles. The van der Waals surface area contributed by atoms with Crippen LogP contribution in [0.2, 0.25) is 4.34 Å². The van der Waals surface area contributed by atoms with E-state index in [1.165, 1.54) is 11.3 Å². The number of nitrogens with one attached hydrogen (secondary N) is 1. The Balaban J connectivity index is 2.84. The lowest BCUT2D eigenvalue weighted by molar-refractivity contribution is -0.156. The van der Waals surface area contributed by atoms with Crippen LogP contribution in [0, 0.1) is 11.3 Å². The van der Waals surface area contributed by atoms with Crippen LogP contribution in [-0.2, 0) is 14.3 Å². The monoisotopic (exact) mass is 331 g/mol. The summed E-state index contributed by atoms with van der Waals surface area (Å²) in [6, 6.07) is 3.46. The van der Waals surface area contributed by atoms with E-state index in [9.17, 15) is 9.59 Å². The van der Waals surface area contributed by atoms with Crippen LogP contribution >= 0.6 is 22.9 Å². The first kappa shape index (κ1) is 18.0. The van der Waals surface area contributed by atoms with Crippen molar-refractivity contribution in [3.05, 3.63) is 21.3 Å². The number of rotatable bonds is 5. The molecule has 0 fully saturated rings. The van der Waals surface area contributed by atoms with Crippen LogP contribution in [0.1, 0.15) is 45.5 Å². The Morgan fingerprint density at radius 2 is 2.00 bits per heavy atom. The van der Waals surface area contributed by atoms with Crippen molar-refractivity contribution in [1.29, 1.82) is 0 Å². The van der Waals surface area contributed by atoms with Crippen molar-refractivity contribution in [3.8, 4) is 0 Å². The second-order valence-electron chi connectivity index (χ2n) is 5.92. The van der Waals surface area contributed by atoms with Gasteiger partial charge < -0.3 is 10.1 Å². The number of hydrogen-bond donors (Lipinski definition) is 1. The third kappa shape index (κ3) is 5.00. The Hall–Kier alpha value is -1.07. The molecule has 1 amide bonds. The van der Waals surface area contributed by atoms with E-state index in [2.05, 4.69) is 5.32 Å². The summed E-state index contributed by atoms with van der Waals surface area (Å²) in [6.07, 6.45) is 0. The molecule has 0 aromatic carbocycles. The maximum Gasteiger partial charge on any atom is 0.319 e. The Morgan fingerprint density at radius 1 is 1.38 bits per heavy atom. The first-order chi connectivity index (χ1) is 9.66. The largest absolute Gasteiger partial charge is 0.465 e. The first-order valence-corrected chi connectivity index (χ1v) is 8.08. The number of carbonyl (C=O) groups is 2. The number of halogens is 1. The first-order valence-electron chi connectivity index (χ1n) is 6.89. The van der Waals surface area contributed by atoms with Crippen LogP contribution in [0.3, 0.4) is 0 Å². The number of thiophene rings is 1. The Labute approximate surface area is 134 Å². The van der Waals surface area contributed by atoms with E-state index in [1.807, 2.05) is 33.8 Å². The predicted octanol–water partition coefficient (Wildman–Crippen LogP) is 3.80. The molecule has 21 heavy (non-hydrogen) atoms. The molecular formula is C15H22ClNO3S. The SMILES string of the molecule is CCOC(=O)C(C(=O)NC(C)c1ccc(Cl)s1)C(C)(C)C. The minimum Gasteiger partial charge on any atom is -0.465 e. The summed E-state index contributed by atoms with van der Waals surface area (Å²) in [6.45, 7) is 9.40. The molecule has 0 bridgehead atoms.